The number of methoxy groups -OCH3 is 2. The van der Waals surface area contributed by atoms with E-state index in [1.54, 1.807) is 38.6 Å². The summed E-state index contributed by atoms with van der Waals surface area (Å²) in [6.07, 6.45) is 2.89. The van der Waals surface area contributed by atoms with Gasteiger partial charge in [-0.05, 0) is 42.5 Å². The molecular weight excluding hydrogens is 360 g/mol. The molecule has 0 amide bonds. The Bertz CT molecular complexity index is 1150. The van der Waals surface area contributed by atoms with E-state index in [9.17, 15) is 10.1 Å². The molecule has 0 bridgehead atoms. The van der Waals surface area contributed by atoms with E-state index in [0.717, 1.165) is 16.7 Å². The number of hydrogen-bond donors (Lipinski definition) is 1. The second-order valence-electron chi connectivity index (χ2n) is 5.84. The predicted molar refractivity (Wildman–Crippen MR) is 108 cm³/mol. The highest BCUT2D eigenvalue weighted by Gasteiger charge is 2.07. The zero-order valence-corrected chi connectivity index (χ0v) is 15.3. The molecule has 2 N–H and O–H groups in total. The normalized spacial score (nSPS) is 10.2. The first kappa shape index (κ1) is 18.8. The largest absolute Gasteiger partial charge is 0.497 e. The molecular formula is C20H18N4O4. The van der Waals surface area contributed by atoms with E-state index in [1.165, 1.54) is 12.3 Å². The van der Waals surface area contributed by atoms with Gasteiger partial charge in [-0.1, -0.05) is 0 Å². The van der Waals surface area contributed by atoms with Crippen LogP contribution in [-0.2, 0) is 0 Å². The highest BCUT2D eigenvalue weighted by atomic mass is 16.6. The minimum atomic E-state index is -0.466. The van der Waals surface area contributed by atoms with Crippen LogP contribution in [0, 0.1) is 10.1 Å². The summed E-state index contributed by atoms with van der Waals surface area (Å²) in [5.74, 6) is 1.48. The molecule has 0 unspecified atom stereocenters. The fraction of sp³-hybridized carbons (Fsp3) is 0.100. The summed E-state index contributed by atoms with van der Waals surface area (Å²) in [6, 6.07) is 14.3. The fourth-order valence-electron chi connectivity index (χ4n) is 2.58. The summed E-state index contributed by atoms with van der Waals surface area (Å²) in [5.41, 5.74) is 7.90. The van der Waals surface area contributed by atoms with Crippen LogP contribution in [0.15, 0.2) is 60.9 Å². The average Bonchev–Trinajstić information content (AvgIpc) is 2.72. The molecule has 0 radical (unpaired) electrons. The third-order valence-electron chi connectivity index (χ3n) is 3.99. The van der Waals surface area contributed by atoms with E-state index in [0.29, 0.717) is 22.3 Å². The summed E-state index contributed by atoms with van der Waals surface area (Å²) in [7, 11) is 3.19. The number of aromatic nitrogens is 2. The van der Waals surface area contributed by atoms with Crippen LogP contribution in [0.2, 0.25) is 0 Å². The summed E-state index contributed by atoms with van der Waals surface area (Å²) in [5, 5.41) is 12.2. The van der Waals surface area contributed by atoms with Crippen LogP contribution in [0.1, 0.15) is 0 Å². The van der Waals surface area contributed by atoms with Crippen molar-refractivity contribution in [1.82, 2.24) is 9.97 Å². The van der Waals surface area contributed by atoms with Gasteiger partial charge >= 0.3 is 0 Å². The van der Waals surface area contributed by atoms with Crippen molar-refractivity contribution in [2.75, 3.05) is 20.0 Å². The van der Waals surface area contributed by atoms with Crippen molar-refractivity contribution in [3.63, 3.8) is 0 Å². The zero-order valence-electron chi connectivity index (χ0n) is 15.3. The van der Waals surface area contributed by atoms with Gasteiger partial charge in [0.1, 0.15) is 17.7 Å². The van der Waals surface area contributed by atoms with Crippen LogP contribution in [0.4, 0.5) is 11.4 Å². The van der Waals surface area contributed by atoms with Crippen LogP contribution in [0.25, 0.3) is 21.8 Å². The molecule has 8 nitrogen and oxygen atoms in total. The first-order valence-electron chi connectivity index (χ1n) is 8.27. The number of hydrogen-bond acceptors (Lipinski definition) is 7. The van der Waals surface area contributed by atoms with Gasteiger partial charge in [0.15, 0.2) is 0 Å². The molecule has 0 aliphatic rings. The third-order valence-corrected chi connectivity index (χ3v) is 3.99. The molecule has 0 spiro atoms. The van der Waals surface area contributed by atoms with Gasteiger partial charge in [0.2, 0.25) is 0 Å². The van der Waals surface area contributed by atoms with Crippen LogP contribution in [0.3, 0.4) is 0 Å². The number of nitrogens with two attached hydrogens (primary N) is 1. The van der Waals surface area contributed by atoms with Gasteiger partial charge in [0.25, 0.3) is 5.69 Å². The molecule has 28 heavy (non-hydrogen) atoms. The van der Waals surface area contributed by atoms with E-state index in [1.807, 2.05) is 24.3 Å². The van der Waals surface area contributed by atoms with Gasteiger partial charge in [-0.3, -0.25) is 15.1 Å². The number of anilines is 1. The van der Waals surface area contributed by atoms with Crippen LogP contribution >= 0.6 is 0 Å². The quantitative estimate of drug-likeness (QED) is 0.424. The van der Waals surface area contributed by atoms with Gasteiger partial charge < -0.3 is 15.2 Å². The monoisotopic (exact) mass is 378 g/mol. The molecule has 0 atom stereocenters. The van der Waals surface area contributed by atoms with Crippen molar-refractivity contribution in [2.24, 2.45) is 0 Å². The van der Waals surface area contributed by atoms with Gasteiger partial charge in [0.05, 0.1) is 42.1 Å². The maximum atomic E-state index is 10.5. The Balaban J connectivity index is 0.000000162. The Morgan fingerprint density at radius 2 is 1.39 bits per heavy atom. The molecule has 4 aromatic rings. The van der Waals surface area contributed by atoms with Crippen LogP contribution in [0.5, 0.6) is 11.5 Å². The highest BCUT2D eigenvalue weighted by Crippen LogP contribution is 2.22. The standard InChI is InChI=1S/C10H8N2O3.C10H10N2O/c1-15-9-2-3-10-7(5-9)4-8(6-11-10)12(13)14;1-13-9-2-3-10-7(5-9)4-8(11)6-12-10/h2-6H,1H3;2-6H,11H2,1H3. The molecule has 0 aliphatic heterocycles. The van der Waals surface area contributed by atoms with Crippen molar-refractivity contribution in [3.05, 3.63) is 71.0 Å². The first-order valence-corrected chi connectivity index (χ1v) is 8.27. The van der Waals surface area contributed by atoms with Crippen molar-refractivity contribution in [3.8, 4) is 11.5 Å². The molecule has 8 heteroatoms. The van der Waals surface area contributed by atoms with E-state index in [2.05, 4.69) is 9.97 Å². The fourth-order valence-corrected chi connectivity index (χ4v) is 2.58. The maximum Gasteiger partial charge on any atom is 0.288 e. The average molecular weight is 378 g/mol. The summed E-state index contributed by atoms with van der Waals surface area (Å²) >= 11 is 0. The second-order valence-corrected chi connectivity index (χ2v) is 5.84. The molecule has 0 saturated carbocycles. The number of pyridine rings is 2. The number of fused-ring (bicyclic) bond motifs is 2. The zero-order chi connectivity index (χ0) is 20.1. The molecule has 4 rings (SSSR count). The Labute approximate surface area is 160 Å². The molecule has 0 fully saturated rings. The third kappa shape index (κ3) is 4.24. The minimum Gasteiger partial charge on any atom is -0.497 e. The van der Waals surface area contributed by atoms with E-state index in [4.69, 9.17) is 15.2 Å². The lowest BCUT2D eigenvalue weighted by Gasteiger charge is -2.01. The molecule has 0 aliphatic carbocycles. The highest BCUT2D eigenvalue weighted by molar-refractivity contribution is 5.83. The van der Waals surface area contributed by atoms with Gasteiger partial charge in [-0.2, -0.15) is 0 Å². The lowest BCUT2D eigenvalue weighted by atomic mass is 10.2. The van der Waals surface area contributed by atoms with Crippen molar-refractivity contribution in [1.29, 1.82) is 0 Å². The number of nitrogens with zero attached hydrogens (tertiary/aromatic N) is 3. The van der Waals surface area contributed by atoms with E-state index in [-0.39, 0.29) is 5.69 Å². The molecule has 2 heterocycles. The molecule has 2 aromatic carbocycles. The lowest BCUT2D eigenvalue weighted by Crippen LogP contribution is -1.90. The number of nitrogen functional groups attached to an aromatic ring is 1. The summed E-state index contributed by atoms with van der Waals surface area (Å²) in [6.45, 7) is 0. The first-order chi connectivity index (χ1) is 13.5. The molecule has 2 aromatic heterocycles. The van der Waals surface area contributed by atoms with E-state index < -0.39 is 4.92 Å². The second kappa shape index (κ2) is 8.17. The number of rotatable bonds is 3. The van der Waals surface area contributed by atoms with Gasteiger partial charge in [-0.15, -0.1) is 0 Å². The Kier molecular flexibility index (Phi) is 5.50. The maximum absolute atomic E-state index is 10.5. The van der Waals surface area contributed by atoms with Gasteiger partial charge in [0, 0.05) is 16.8 Å². The Morgan fingerprint density at radius 1 is 0.857 bits per heavy atom. The summed E-state index contributed by atoms with van der Waals surface area (Å²) in [4.78, 5) is 18.2. The summed E-state index contributed by atoms with van der Waals surface area (Å²) < 4.78 is 10.1. The number of benzene rings is 2. The predicted octanol–water partition coefficient (Wildman–Crippen LogP) is 3.98. The minimum absolute atomic E-state index is 0.0178. The topological polar surface area (TPSA) is 113 Å². The molecule has 0 saturated heterocycles. The van der Waals surface area contributed by atoms with Crippen molar-refractivity contribution in [2.45, 2.75) is 0 Å². The SMILES string of the molecule is COc1ccc2ncc(N)cc2c1.COc1ccc2ncc([N+](=O)[O-])cc2c1. The Morgan fingerprint density at radius 3 is 1.93 bits per heavy atom. The lowest BCUT2D eigenvalue weighted by molar-refractivity contribution is -0.385. The van der Waals surface area contributed by atoms with Crippen LogP contribution < -0.4 is 15.2 Å². The van der Waals surface area contributed by atoms with Crippen molar-refractivity contribution < 1.29 is 14.4 Å². The Hall–Kier alpha value is -3.94. The van der Waals surface area contributed by atoms with Gasteiger partial charge in [-0.25, -0.2) is 4.98 Å². The van der Waals surface area contributed by atoms with E-state index >= 15 is 0 Å². The smallest absolute Gasteiger partial charge is 0.288 e. The molecule has 142 valence electrons. The number of nitro groups is 1. The van der Waals surface area contributed by atoms with Crippen LogP contribution in [-0.4, -0.2) is 29.1 Å². The number of ether oxygens (including phenoxy) is 2. The van der Waals surface area contributed by atoms with Crippen molar-refractivity contribution >= 4 is 33.2 Å².